The Hall–Kier alpha value is -2.39. The van der Waals surface area contributed by atoms with Crippen molar-refractivity contribution in [1.82, 2.24) is 0 Å². The Labute approximate surface area is 116 Å². The second-order valence-corrected chi connectivity index (χ2v) is 4.69. The van der Waals surface area contributed by atoms with Gasteiger partial charge in [-0.3, -0.25) is 0 Å². The maximum atomic E-state index is 11.5. The van der Waals surface area contributed by atoms with Crippen LogP contribution in [0, 0.1) is 0 Å². The summed E-state index contributed by atoms with van der Waals surface area (Å²) in [4.78, 5) is 11.5. The molecule has 1 atom stereocenters. The van der Waals surface area contributed by atoms with E-state index < -0.39 is 12.1 Å². The van der Waals surface area contributed by atoms with Gasteiger partial charge in [-0.05, 0) is 27.6 Å². The number of benzene rings is 3. The molecule has 3 heteroatoms. The second kappa shape index (κ2) is 4.94. The lowest BCUT2D eigenvalue weighted by Gasteiger charge is -2.17. The molecule has 0 spiro atoms. The maximum Gasteiger partial charge on any atom is 0.337 e. The molecule has 0 aliphatic carbocycles. The summed E-state index contributed by atoms with van der Waals surface area (Å²) >= 11 is 0. The molecule has 0 saturated heterocycles. The van der Waals surface area contributed by atoms with E-state index >= 15 is 0 Å². The summed E-state index contributed by atoms with van der Waals surface area (Å²) in [5.41, 5.74) is 0.716. The Balaban J connectivity index is 2.47. The monoisotopic (exact) mass is 266 g/mol. The predicted molar refractivity (Wildman–Crippen MR) is 78.8 cm³/mol. The van der Waals surface area contributed by atoms with E-state index in [9.17, 15) is 9.90 Å². The molecule has 0 fully saturated rings. The molecule has 0 radical (unpaired) electrons. The summed E-state index contributed by atoms with van der Waals surface area (Å²) in [7, 11) is 1.43. The number of fused-ring (bicyclic) bond motifs is 2. The van der Waals surface area contributed by atoms with E-state index in [2.05, 4.69) is 6.07 Å². The van der Waals surface area contributed by atoms with Gasteiger partial charge in [0.2, 0.25) is 0 Å². The normalized spacial score (nSPS) is 12.7. The third-order valence-electron chi connectivity index (χ3n) is 3.54. The predicted octanol–water partition coefficient (Wildman–Crippen LogP) is 3.77. The van der Waals surface area contributed by atoms with Gasteiger partial charge in [0, 0.05) is 12.7 Å². The number of hydrogen-bond donors (Lipinski definition) is 1. The van der Waals surface area contributed by atoms with Crippen LogP contribution in [0.5, 0.6) is 0 Å². The largest absolute Gasteiger partial charge is 0.479 e. The Bertz CT molecular complexity index is 738. The summed E-state index contributed by atoms with van der Waals surface area (Å²) < 4.78 is 5.21. The molecular formula is C17H14O3. The van der Waals surface area contributed by atoms with Crippen LogP contribution in [0.1, 0.15) is 11.7 Å². The number of rotatable bonds is 3. The molecule has 20 heavy (non-hydrogen) atoms. The lowest BCUT2D eigenvalue weighted by atomic mass is 9.93. The van der Waals surface area contributed by atoms with Gasteiger partial charge in [-0.2, -0.15) is 0 Å². The third kappa shape index (κ3) is 1.92. The van der Waals surface area contributed by atoms with Gasteiger partial charge < -0.3 is 9.84 Å². The van der Waals surface area contributed by atoms with E-state index in [0.29, 0.717) is 5.56 Å². The molecule has 100 valence electrons. The summed E-state index contributed by atoms with van der Waals surface area (Å²) in [5.74, 6) is -0.978. The standard InChI is InChI=1S/C17H14O3/c1-20-16(17(18)19)15-13-8-4-2-6-11(13)10-12-7-3-5-9-14(12)15/h2-10,16H,1H3,(H,18,19). The van der Waals surface area contributed by atoms with Crippen LogP contribution in [0.2, 0.25) is 0 Å². The van der Waals surface area contributed by atoms with Crippen LogP contribution < -0.4 is 0 Å². The van der Waals surface area contributed by atoms with Crippen LogP contribution >= 0.6 is 0 Å². The Morgan fingerprint density at radius 3 is 1.95 bits per heavy atom. The molecular weight excluding hydrogens is 252 g/mol. The fourth-order valence-corrected chi connectivity index (χ4v) is 2.67. The highest BCUT2D eigenvalue weighted by Gasteiger charge is 2.23. The van der Waals surface area contributed by atoms with Crippen molar-refractivity contribution in [3.63, 3.8) is 0 Å². The van der Waals surface area contributed by atoms with Gasteiger partial charge in [-0.15, -0.1) is 0 Å². The average molecular weight is 266 g/mol. The van der Waals surface area contributed by atoms with Crippen molar-refractivity contribution >= 4 is 27.5 Å². The van der Waals surface area contributed by atoms with Crippen molar-refractivity contribution in [2.24, 2.45) is 0 Å². The van der Waals surface area contributed by atoms with Gasteiger partial charge in [0.1, 0.15) is 0 Å². The van der Waals surface area contributed by atoms with Crippen molar-refractivity contribution in [3.8, 4) is 0 Å². The topological polar surface area (TPSA) is 46.5 Å². The quantitative estimate of drug-likeness (QED) is 0.734. The molecule has 1 unspecified atom stereocenters. The minimum Gasteiger partial charge on any atom is -0.479 e. The van der Waals surface area contributed by atoms with E-state index in [4.69, 9.17) is 4.74 Å². The Kier molecular flexibility index (Phi) is 3.12. The molecule has 0 amide bonds. The summed E-state index contributed by atoms with van der Waals surface area (Å²) in [6, 6.07) is 17.6. The number of carbonyl (C=O) groups is 1. The highest BCUT2D eigenvalue weighted by Crippen LogP contribution is 2.34. The highest BCUT2D eigenvalue weighted by molar-refractivity contribution is 6.04. The molecule has 3 aromatic carbocycles. The minimum atomic E-state index is -0.978. The molecule has 0 aromatic heterocycles. The number of hydrogen-bond acceptors (Lipinski definition) is 2. The summed E-state index contributed by atoms with van der Waals surface area (Å²) in [5, 5.41) is 13.3. The lowest BCUT2D eigenvalue weighted by molar-refractivity contribution is -0.148. The highest BCUT2D eigenvalue weighted by atomic mass is 16.5. The van der Waals surface area contributed by atoms with Gasteiger partial charge in [0.15, 0.2) is 6.10 Å². The van der Waals surface area contributed by atoms with Crippen molar-refractivity contribution in [2.45, 2.75) is 6.10 Å². The van der Waals surface area contributed by atoms with E-state index in [1.165, 1.54) is 7.11 Å². The molecule has 3 rings (SSSR count). The first-order valence-corrected chi connectivity index (χ1v) is 6.38. The van der Waals surface area contributed by atoms with Crippen LogP contribution in [0.15, 0.2) is 54.6 Å². The van der Waals surface area contributed by atoms with Crippen LogP contribution in [0.4, 0.5) is 0 Å². The fraction of sp³-hybridized carbons (Fsp3) is 0.118. The van der Waals surface area contributed by atoms with E-state index in [-0.39, 0.29) is 0 Å². The number of methoxy groups -OCH3 is 1. The number of ether oxygens (including phenoxy) is 1. The smallest absolute Gasteiger partial charge is 0.337 e. The second-order valence-electron chi connectivity index (χ2n) is 4.69. The first-order chi connectivity index (χ1) is 9.72. The van der Waals surface area contributed by atoms with Crippen molar-refractivity contribution < 1.29 is 14.6 Å². The molecule has 3 nitrogen and oxygen atoms in total. The third-order valence-corrected chi connectivity index (χ3v) is 3.54. The van der Waals surface area contributed by atoms with Gasteiger partial charge >= 0.3 is 5.97 Å². The van der Waals surface area contributed by atoms with Gasteiger partial charge in [-0.1, -0.05) is 48.5 Å². The van der Waals surface area contributed by atoms with Crippen LogP contribution in [-0.2, 0) is 9.53 Å². The Morgan fingerprint density at radius 2 is 1.50 bits per heavy atom. The average Bonchev–Trinajstić information content (AvgIpc) is 2.47. The van der Waals surface area contributed by atoms with Crippen molar-refractivity contribution in [1.29, 1.82) is 0 Å². The van der Waals surface area contributed by atoms with Crippen LogP contribution in [-0.4, -0.2) is 18.2 Å². The molecule has 0 aliphatic heterocycles. The lowest BCUT2D eigenvalue weighted by Crippen LogP contribution is -2.14. The summed E-state index contributed by atoms with van der Waals surface area (Å²) in [6.45, 7) is 0. The van der Waals surface area contributed by atoms with Crippen molar-refractivity contribution in [2.75, 3.05) is 7.11 Å². The van der Waals surface area contributed by atoms with Crippen LogP contribution in [0.3, 0.4) is 0 Å². The van der Waals surface area contributed by atoms with E-state index in [0.717, 1.165) is 21.5 Å². The van der Waals surface area contributed by atoms with E-state index in [1.807, 2.05) is 48.5 Å². The molecule has 0 heterocycles. The molecule has 1 N–H and O–H groups in total. The van der Waals surface area contributed by atoms with Gasteiger partial charge in [0.05, 0.1) is 0 Å². The van der Waals surface area contributed by atoms with Gasteiger partial charge in [-0.25, -0.2) is 4.79 Å². The SMILES string of the molecule is COC(C(=O)O)c1c2ccccc2cc2ccccc12. The number of carboxylic acid groups (broad SMARTS) is 1. The zero-order chi connectivity index (χ0) is 14.1. The first-order valence-electron chi connectivity index (χ1n) is 6.38. The zero-order valence-corrected chi connectivity index (χ0v) is 11.0. The number of aliphatic carboxylic acids is 1. The summed E-state index contributed by atoms with van der Waals surface area (Å²) in [6.07, 6.45) is -0.967. The molecule has 0 aliphatic rings. The zero-order valence-electron chi connectivity index (χ0n) is 11.0. The van der Waals surface area contributed by atoms with E-state index in [1.54, 1.807) is 0 Å². The van der Waals surface area contributed by atoms with Crippen molar-refractivity contribution in [3.05, 3.63) is 60.2 Å². The molecule has 0 bridgehead atoms. The molecule has 3 aromatic rings. The minimum absolute atomic E-state index is 0.716. The fourth-order valence-electron chi connectivity index (χ4n) is 2.67. The molecule has 0 saturated carbocycles. The van der Waals surface area contributed by atoms with Gasteiger partial charge in [0.25, 0.3) is 0 Å². The van der Waals surface area contributed by atoms with Crippen LogP contribution in [0.25, 0.3) is 21.5 Å². The number of carboxylic acids is 1. The maximum absolute atomic E-state index is 11.5. The first kappa shape index (κ1) is 12.6. The Morgan fingerprint density at radius 1 is 1.00 bits per heavy atom.